The fourth-order valence-corrected chi connectivity index (χ4v) is 5.35. The van der Waals surface area contributed by atoms with Crippen molar-refractivity contribution in [3.05, 3.63) is 53.4 Å². The van der Waals surface area contributed by atoms with Gasteiger partial charge in [0.1, 0.15) is 5.75 Å². The molecule has 0 spiro atoms. The first-order valence-electron chi connectivity index (χ1n) is 11.9. The predicted octanol–water partition coefficient (Wildman–Crippen LogP) is 5.09. The maximum atomic E-state index is 11.6. The van der Waals surface area contributed by atoms with Crippen LogP contribution in [0.3, 0.4) is 0 Å². The van der Waals surface area contributed by atoms with E-state index in [9.17, 15) is 4.79 Å². The Kier molecular flexibility index (Phi) is 7.09. The highest BCUT2D eigenvalue weighted by molar-refractivity contribution is 7.17. The number of nitrogens with zero attached hydrogens (tertiary/aromatic N) is 2. The standard InChI is InChI=1S/C26H31N3O3S/c30-26-10-8-20-7-9-21(19-23(20)27-26)31-16-3-1-2-12-28-13-14-29(32-17-15-28)24-5-4-6-25-22(24)11-18-33-25/h4-7,9,11,18-19H,1-3,8,10,12-17H2,(H,27,30). The van der Waals surface area contributed by atoms with E-state index >= 15 is 0 Å². The minimum atomic E-state index is 0.0881. The number of unbranched alkanes of at least 4 members (excludes halogenated alkanes) is 2. The Labute approximate surface area is 199 Å². The van der Waals surface area contributed by atoms with Crippen LogP contribution in [-0.4, -0.2) is 50.2 Å². The van der Waals surface area contributed by atoms with Crippen molar-refractivity contribution in [1.82, 2.24) is 4.90 Å². The normalized spacial score (nSPS) is 17.0. The fourth-order valence-electron chi connectivity index (χ4n) is 4.54. The topological polar surface area (TPSA) is 54.0 Å². The first kappa shape index (κ1) is 22.2. The summed E-state index contributed by atoms with van der Waals surface area (Å²) in [4.78, 5) is 20.2. The Morgan fingerprint density at radius 2 is 2.00 bits per heavy atom. The first-order chi connectivity index (χ1) is 16.3. The van der Waals surface area contributed by atoms with Crippen molar-refractivity contribution >= 4 is 38.7 Å². The molecule has 6 nitrogen and oxygen atoms in total. The zero-order valence-corrected chi connectivity index (χ0v) is 19.7. The number of amides is 1. The molecular weight excluding hydrogens is 434 g/mol. The van der Waals surface area contributed by atoms with E-state index in [1.54, 1.807) is 11.3 Å². The molecule has 1 aromatic heterocycles. The maximum absolute atomic E-state index is 11.6. The van der Waals surface area contributed by atoms with Crippen LogP contribution in [0, 0.1) is 0 Å². The van der Waals surface area contributed by atoms with Gasteiger partial charge in [-0.05, 0) is 67.4 Å². The van der Waals surface area contributed by atoms with E-state index in [1.807, 2.05) is 12.1 Å². The smallest absolute Gasteiger partial charge is 0.224 e. The summed E-state index contributed by atoms with van der Waals surface area (Å²) in [5, 5.41) is 8.43. The maximum Gasteiger partial charge on any atom is 0.224 e. The van der Waals surface area contributed by atoms with Crippen molar-refractivity contribution in [3.63, 3.8) is 0 Å². The first-order valence-corrected chi connectivity index (χ1v) is 12.8. The second kappa shape index (κ2) is 10.5. The summed E-state index contributed by atoms with van der Waals surface area (Å²) in [5.41, 5.74) is 3.26. The van der Waals surface area contributed by atoms with Gasteiger partial charge in [0.2, 0.25) is 5.91 Å². The Morgan fingerprint density at radius 3 is 2.97 bits per heavy atom. The Hall–Kier alpha value is -2.61. The number of ether oxygens (including phenoxy) is 1. The van der Waals surface area contributed by atoms with Crippen molar-refractivity contribution in [2.24, 2.45) is 0 Å². The molecule has 3 aromatic rings. The molecule has 174 valence electrons. The number of anilines is 2. The lowest BCUT2D eigenvalue weighted by molar-refractivity contribution is -0.116. The van der Waals surface area contributed by atoms with Crippen LogP contribution in [0.2, 0.25) is 0 Å². The Balaban J connectivity index is 1.02. The van der Waals surface area contributed by atoms with Crippen molar-refractivity contribution in [1.29, 1.82) is 0 Å². The SMILES string of the molecule is O=C1CCc2ccc(OCCCCCN3CCON(c4cccc5sccc45)CC3)cc2N1. The van der Waals surface area contributed by atoms with Crippen molar-refractivity contribution in [2.45, 2.75) is 32.1 Å². The number of carbonyl (C=O) groups is 1. The average molecular weight is 466 g/mol. The van der Waals surface area contributed by atoms with Crippen LogP contribution >= 0.6 is 11.3 Å². The second-order valence-electron chi connectivity index (χ2n) is 8.66. The molecule has 1 fully saturated rings. The van der Waals surface area contributed by atoms with Gasteiger partial charge in [-0.25, -0.2) is 0 Å². The molecule has 33 heavy (non-hydrogen) atoms. The summed E-state index contributed by atoms with van der Waals surface area (Å²) in [5.74, 6) is 0.923. The third-order valence-corrected chi connectivity index (χ3v) is 7.26. The highest BCUT2D eigenvalue weighted by atomic mass is 32.1. The zero-order chi connectivity index (χ0) is 22.5. The van der Waals surface area contributed by atoms with Gasteiger partial charge in [-0.1, -0.05) is 12.1 Å². The molecular formula is C26H31N3O3S. The number of nitrogens with one attached hydrogen (secondary N) is 1. The average Bonchev–Trinajstić information content (AvgIpc) is 3.20. The van der Waals surface area contributed by atoms with Crippen molar-refractivity contribution in [3.8, 4) is 5.75 Å². The van der Waals surface area contributed by atoms with Gasteiger partial charge < -0.3 is 10.1 Å². The van der Waals surface area contributed by atoms with Crippen LogP contribution in [0.4, 0.5) is 11.4 Å². The molecule has 1 saturated heterocycles. The summed E-state index contributed by atoms with van der Waals surface area (Å²) in [6, 6.07) is 14.6. The van der Waals surface area contributed by atoms with Gasteiger partial charge in [0.15, 0.2) is 0 Å². The monoisotopic (exact) mass is 465 g/mol. The third kappa shape index (κ3) is 5.49. The van der Waals surface area contributed by atoms with Crippen molar-refractivity contribution < 1.29 is 14.4 Å². The number of hydrogen-bond acceptors (Lipinski definition) is 6. The van der Waals surface area contributed by atoms with Crippen LogP contribution in [0.1, 0.15) is 31.2 Å². The van der Waals surface area contributed by atoms with Gasteiger partial charge in [-0.15, -0.1) is 11.3 Å². The third-order valence-electron chi connectivity index (χ3n) is 6.38. The molecule has 2 aromatic carbocycles. The molecule has 2 aliphatic rings. The molecule has 0 bridgehead atoms. The van der Waals surface area contributed by atoms with E-state index in [-0.39, 0.29) is 5.91 Å². The number of hydroxylamine groups is 1. The van der Waals surface area contributed by atoms with Gasteiger partial charge in [0, 0.05) is 41.4 Å². The summed E-state index contributed by atoms with van der Waals surface area (Å²) < 4.78 is 7.23. The summed E-state index contributed by atoms with van der Waals surface area (Å²) in [6.45, 7) is 5.37. The zero-order valence-electron chi connectivity index (χ0n) is 18.9. The number of aryl methyl sites for hydroxylation is 1. The van der Waals surface area contributed by atoms with E-state index in [2.05, 4.69) is 51.0 Å². The van der Waals surface area contributed by atoms with Crippen molar-refractivity contribution in [2.75, 3.05) is 49.8 Å². The lowest BCUT2D eigenvalue weighted by Gasteiger charge is -2.22. The van der Waals surface area contributed by atoms with E-state index in [4.69, 9.17) is 9.57 Å². The van der Waals surface area contributed by atoms with Gasteiger partial charge in [-0.3, -0.25) is 19.6 Å². The molecule has 0 atom stereocenters. The largest absolute Gasteiger partial charge is 0.494 e. The summed E-state index contributed by atoms with van der Waals surface area (Å²) in [7, 11) is 0. The lowest BCUT2D eigenvalue weighted by atomic mass is 10.0. The number of fused-ring (bicyclic) bond motifs is 2. The minimum absolute atomic E-state index is 0.0881. The van der Waals surface area contributed by atoms with Crippen LogP contribution in [-0.2, 0) is 16.1 Å². The molecule has 1 N–H and O–H groups in total. The highest BCUT2D eigenvalue weighted by Gasteiger charge is 2.18. The minimum Gasteiger partial charge on any atom is -0.494 e. The van der Waals surface area contributed by atoms with E-state index in [0.29, 0.717) is 13.0 Å². The van der Waals surface area contributed by atoms with E-state index < -0.39 is 0 Å². The predicted molar refractivity (Wildman–Crippen MR) is 134 cm³/mol. The second-order valence-corrected chi connectivity index (χ2v) is 9.61. The van der Waals surface area contributed by atoms with Crippen LogP contribution < -0.4 is 15.1 Å². The van der Waals surface area contributed by atoms with E-state index in [0.717, 1.165) is 69.9 Å². The van der Waals surface area contributed by atoms with Gasteiger partial charge in [0.05, 0.1) is 25.4 Å². The lowest BCUT2D eigenvalue weighted by Crippen LogP contribution is -2.31. The Bertz CT molecular complexity index is 1100. The van der Waals surface area contributed by atoms with Gasteiger partial charge in [-0.2, -0.15) is 0 Å². The molecule has 0 radical (unpaired) electrons. The van der Waals surface area contributed by atoms with Crippen LogP contribution in [0.15, 0.2) is 47.8 Å². The number of carbonyl (C=O) groups excluding carboxylic acids is 1. The van der Waals surface area contributed by atoms with Gasteiger partial charge in [0.25, 0.3) is 0 Å². The number of thiophene rings is 1. The molecule has 5 rings (SSSR count). The molecule has 3 heterocycles. The van der Waals surface area contributed by atoms with Gasteiger partial charge >= 0.3 is 0 Å². The van der Waals surface area contributed by atoms with E-state index in [1.165, 1.54) is 21.3 Å². The quantitative estimate of drug-likeness (QED) is 0.470. The molecule has 0 aliphatic carbocycles. The van der Waals surface area contributed by atoms with Crippen LogP contribution in [0.25, 0.3) is 10.1 Å². The number of rotatable bonds is 8. The highest BCUT2D eigenvalue weighted by Crippen LogP contribution is 2.31. The molecule has 0 unspecified atom stereocenters. The molecule has 7 heteroatoms. The summed E-state index contributed by atoms with van der Waals surface area (Å²) in [6.07, 6.45) is 4.70. The summed E-state index contributed by atoms with van der Waals surface area (Å²) >= 11 is 1.77. The molecule has 0 saturated carbocycles. The number of hydrogen-bond donors (Lipinski definition) is 1. The number of benzene rings is 2. The molecule has 2 aliphatic heterocycles. The van der Waals surface area contributed by atoms with Crippen LogP contribution in [0.5, 0.6) is 5.75 Å². The Morgan fingerprint density at radius 1 is 1.03 bits per heavy atom. The molecule has 1 amide bonds. The fraction of sp³-hybridized carbons (Fsp3) is 0.423.